The summed E-state index contributed by atoms with van der Waals surface area (Å²) in [5.74, 6) is -1.12. The van der Waals surface area contributed by atoms with Crippen molar-refractivity contribution in [3.8, 4) is 0 Å². The molecule has 6 heteroatoms. The molecule has 0 heterocycles. The third kappa shape index (κ3) is 3.30. The predicted molar refractivity (Wildman–Crippen MR) is 68.2 cm³/mol. The van der Waals surface area contributed by atoms with Crippen LogP contribution in [0, 0.1) is 0 Å². The van der Waals surface area contributed by atoms with E-state index in [4.69, 9.17) is 5.11 Å². The number of benzene rings is 1. The monoisotopic (exact) mass is 271 g/mol. The molecule has 0 amide bonds. The smallest absolute Gasteiger partial charge is 0.336 e. The van der Waals surface area contributed by atoms with Gasteiger partial charge in [-0.05, 0) is 38.0 Å². The number of hydrogen-bond acceptors (Lipinski definition) is 3. The zero-order valence-corrected chi connectivity index (χ0v) is 11.4. The molecule has 5 nitrogen and oxygen atoms in total. The van der Waals surface area contributed by atoms with Crippen LogP contribution in [0.25, 0.3) is 0 Å². The number of aryl methyl sites for hydroxylation is 1. The Morgan fingerprint density at radius 3 is 2.44 bits per heavy atom. The largest absolute Gasteiger partial charge is 0.478 e. The molecule has 2 N–H and O–H groups in total. The molecule has 0 unspecified atom stereocenters. The highest BCUT2D eigenvalue weighted by Gasteiger charge is 2.18. The van der Waals surface area contributed by atoms with Crippen LogP contribution in [0.5, 0.6) is 0 Å². The Bertz CT molecular complexity index is 549. The van der Waals surface area contributed by atoms with Gasteiger partial charge >= 0.3 is 5.97 Å². The third-order valence-electron chi connectivity index (χ3n) is 2.39. The fraction of sp³-hybridized carbons (Fsp3) is 0.417. The summed E-state index contributed by atoms with van der Waals surface area (Å²) in [4.78, 5) is 11.0. The van der Waals surface area contributed by atoms with Crippen LogP contribution in [0.1, 0.15) is 36.7 Å². The van der Waals surface area contributed by atoms with Gasteiger partial charge in [0, 0.05) is 6.04 Å². The zero-order chi connectivity index (χ0) is 13.9. The second-order valence-electron chi connectivity index (χ2n) is 4.25. The maximum atomic E-state index is 11.9. The summed E-state index contributed by atoms with van der Waals surface area (Å²) in [7, 11) is -3.65. The van der Waals surface area contributed by atoms with E-state index in [2.05, 4.69) is 4.72 Å². The van der Waals surface area contributed by atoms with E-state index in [9.17, 15) is 13.2 Å². The van der Waals surface area contributed by atoms with Gasteiger partial charge in [-0.1, -0.05) is 13.0 Å². The van der Waals surface area contributed by atoms with Crippen LogP contribution >= 0.6 is 0 Å². The molecule has 0 saturated carbocycles. The van der Waals surface area contributed by atoms with Crippen molar-refractivity contribution in [3.63, 3.8) is 0 Å². The van der Waals surface area contributed by atoms with E-state index < -0.39 is 16.0 Å². The minimum absolute atomic E-state index is 0.0224. The second-order valence-corrected chi connectivity index (χ2v) is 5.97. The maximum Gasteiger partial charge on any atom is 0.336 e. The summed E-state index contributed by atoms with van der Waals surface area (Å²) in [6.07, 6.45) is 0.541. The van der Waals surface area contributed by atoms with Crippen molar-refractivity contribution >= 4 is 16.0 Å². The van der Waals surface area contributed by atoms with Crippen LogP contribution in [0.4, 0.5) is 0 Å². The van der Waals surface area contributed by atoms with Gasteiger partial charge in [0.05, 0.1) is 10.5 Å². The summed E-state index contributed by atoms with van der Waals surface area (Å²) in [6.45, 7) is 5.23. The molecule has 1 aromatic carbocycles. The number of carboxylic acid groups (broad SMARTS) is 1. The van der Waals surface area contributed by atoms with Crippen LogP contribution in [0.3, 0.4) is 0 Å². The summed E-state index contributed by atoms with van der Waals surface area (Å²) < 4.78 is 26.2. The molecule has 0 aliphatic rings. The lowest BCUT2D eigenvalue weighted by atomic mass is 10.1. The summed E-state index contributed by atoms with van der Waals surface area (Å²) >= 11 is 0. The lowest BCUT2D eigenvalue weighted by Crippen LogP contribution is -2.30. The topological polar surface area (TPSA) is 83.5 Å². The lowest BCUT2D eigenvalue weighted by molar-refractivity contribution is 0.0695. The zero-order valence-electron chi connectivity index (χ0n) is 10.6. The Kier molecular flexibility index (Phi) is 4.48. The fourth-order valence-corrected chi connectivity index (χ4v) is 2.89. The molecule has 0 saturated heterocycles. The number of nitrogens with one attached hydrogen (secondary N) is 1. The van der Waals surface area contributed by atoms with Crippen molar-refractivity contribution < 1.29 is 18.3 Å². The molecule has 0 aromatic heterocycles. The summed E-state index contributed by atoms with van der Waals surface area (Å²) in [5, 5.41) is 9.05. The molecule has 0 aliphatic carbocycles. The molecule has 0 bridgehead atoms. The first-order chi connectivity index (χ1) is 8.27. The highest BCUT2D eigenvalue weighted by Crippen LogP contribution is 2.17. The lowest BCUT2D eigenvalue weighted by Gasteiger charge is -2.11. The fourth-order valence-electron chi connectivity index (χ4n) is 1.61. The van der Waals surface area contributed by atoms with E-state index >= 15 is 0 Å². The number of carbonyl (C=O) groups is 1. The van der Waals surface area contributed by atoms with Crippen molar-refractivity contribution in [3.05, 3.63) is 29.3 Å². The number of rotatable bonds is 5. The molecule has 0 spiro atoms. The Labute approximate surface area is 107 Å². The van der Waals surface area contributed by atoms with Gasteiger partial charge in [0.15, 0.2) is 0 Å². The first-order valence-electron chi connectivity index (χ1n) is 5.66. The molecular weight excluding hydrogens is 254 g/mol. The number of sulfonamides is 1. The predicted octanol–water partition coefficient (Wildman–Crippen LogP) is 1.63. The molecule has 0 fully saturated rings. The average molecular weight is 271 g/mol. The first-order valence-corrected chi connectivity index (χ1v) is 7.14. The van der Waals surface area contributed by atoms with E-state index in [1.165, 1.54) is 12.1 Å². The van der Waals surface area contributed by atoms with Crippen molar-refractivity contribution in [2.24, 2.45) is 0 Å². The van der Waals surface area contributed by atoms with E-state index in [-0.39, 0.29) is 16.5 Å². The maximum absolute atomic E-state index is 11.9. The number of aromatic carboxylic acids is 1. The van der Waals surface area contributed by atoms with Crippen molar-refractivity contribution in [1.82, 2.24) is 4.72 Å². The van der Waals surface area contributed by atoms with Gasteiger partial charge in [-0.3, -0.25) is 0 Å². The van der Waals surface area contributed by atoms with Gasteiger partial charge in [0.1, 0.15) is 0 Å². The molecule has 18 heavy (non-hydrogen) atoms. The third-order valence-corrected chi connectivity index (χ3v) is 4.05. The highest BCUT2D eigenvalue weighted by atomic mass is 32.2. The van der Waals surface area contributed by atoms with E-state index in [1.54, 1.807) is 19.9 Å². The number of carboxylic acids is 1. The Morgan fingerprint density at radius 2 is 2.00 bits per heavy atom. The van der Waals surface area contributed by atoms with Crippen LogP contribution in [0.15, 0.2) is 23.1 Å². The van der Waals surface area contributed by atoms with Gasteiger partial charge in [0.2, 0.25) is 10.0 Å². The molecule has 0 atom stereocenters. The van der Waals surface area contributed by atoms with Crippen LogP contribution < -0.4 is 4.72 Å². The SMILES string of the molecule is CCc1ccc(S(=O)(=O)NC(C)C)cc1C(=O)O. The van der Waals surface area contributed by atoms with Crippen molar-refractivity contribution in [2.75, 3.05) is 0 Å². The van der Waals surface area contributed by atoms with Crippen molar-refractivity contribution in [2.45, 2.75) is 38.1 Å². The van der Waals surface area contributed by atoms with Crippen LogP contribution in [0.2, 0.25) is 0 Å². The summed E-state index contributed by atoms with van der Waals surface area (Å²) in [6, 6.07) is 3.93. The standard InChI is InChI=1S/C12H17NO4S/c1-4-9-5-6-10(7-11(9)12(14)15)18(16,17)13-8(2)3/h5-8,13H,4H2,1-3H3,(H,14,15). The average Bonchev–Trinajstić information content (AvgIpc) is 2.26. The highest BCUT2D eigenvalue weighted by molar-refractivity contribution is 7.89. The van der Waals surface area contributed by atoms with Gasteiger partial charge in [-0.2, -0.15) is 0 Å². The first kappa shape index (κ1) is 14.7. The Balaban J connectivity index is 3.28. The molecule has 0 aliphatic heterocycles. The van der Waals surface area contributed by atoms with E-state index in [1.807, 2.05) is 6.92 Å². The van der Waals surface area contributed by atoms with E-state index in [0.717, 1.165) is 0 Å². The second kappa shape index (κ2) is 5.49. The minimum atomic E-state index is -3.65. The molecule has 1 rings (SSSR count). The Morgan fingerprint density at radius 1 is 1.39 bits per heavy atom. The van der Waals surface area contributed by atoms with Crippen LogP contribution in [-0.4, -0.2) is 25.5 Å². The molecular formula is C12H17NO4S. The quantitative estimate of drug-likeness (QED) is 0.852. The van der Waals surface area contributed by atoms with Gasteiger partial charge < -0.3 is 5.11 Å². The van der Waals surface area contributed by atoms with Crippen LogP contribution in [-0.2, 0) is 16.4 Å². The molecule has 0 radical (unpaired) electrons. The normalized spacial score (nSPS) is 11.8. The van der Waals surface area contributed by atoms with Crippen molar-refractivity contribution in [1.29, 1.82) is 0 Å². The molecule has 100 valence electrons. The van der Waals surface area contributed by atoms with Gasteiger partial charge in [-0.15, -0.1) is 0 Å². The summed E-state index contributed by atoms with van der Waals surface area (Å²) in [5.41, 5.74) is 0.648. The minimum Gasteiger partial charge on any atom is -0.478 e. The van der Waals surface area contributed by atoms with Gasteiger partial charge in [0.25, 0.3) is 0 Å². The Hall–Kier alpha value is -1.40. The van der Waals surface area contributed by atoms with E-state index in [0.29, 0.717) is 12.0 Å². The molecule has 1 aromatic rings. The number of hydrogen-bond donors (Lipinski definition) is 2. The van der Waals surface area contributed by atoms with Gasteiger partial charge in [-0.25, -0.2) is 17.9 Å².